The molecule has 7 nitrogen and oxygen atoms in total. The second-order valence-corrected chi connectivity index (χ2v) is 7.03. The van der Waals surface area contributed by atoms with E-state index in [-0.39, 0.29) is 5.69 Å². The van der Waals surface area contributed by atoms with Crippen LogP contribution in [0.15, 0.2) is 47.4 Å². The molecule has 5 rings (SSSR count). The van der Waals surface area contributed by atoms with Gasteiger partial charge in [-0.2, -0.15) is 0 Å². The maximum absolute atomic E-state index is 12.5. The Kier molecular flexibility index (Phi) is 4.09. The lowest BCUT2D eigenvalue weighted by Crippen LogP contribution is -2.31. The van der Waals surface area contributed by atoms with Crippen molar-refractivity contribution >= 4 is 5.65 Å². The van der Waals surface area contributed by atoms with Crippen LogP contribution >= 0.6 is 0 Å². The molecule has 0 N–H and O–H groups in total. The Morgan fingerprint density at radius 2 is 1.96 bits per heavy atom. The number of rotatable bonds is 4. The number of likely N-dealkylation sites (tertiary alicyclic amines) is 1. The van der Waals surface area contributed by atoms with Crippen LogP contribution in [0.4, 0.5) is 0 Å². The monoisotopic (exact) mass is 366 g/mol. The lowest BCUT2D eigenvalue weighted by molar-refractivity contribution is 0.170. The van der Waals surface area contributed by atoms with Crippen molar-refractivity contribution in [2.24, 2.45) is 0 Å². The van der Waals surface area contributed by atoms with E-state index in [0.29, 0.717) is 31.4 Å². The van der Waals surface area contributed by atoms with Crippen LogP contribution in [-0.4, -0.2) is 45.4 Å². The van der Waals surface area contributed by atoms with Crippen LogP contribution in [0.2, 0.25) is 0 Å². The van der Waals surface area contributed by atoms with E-state index in [2.05, 4.69) is 22.1 Å². The Morgan fingerprint density at radius 3 is 2.85 bits per heavy atom. The van der Waals surface area contributed by atoms with Gasteiger partial charge in [0, 0.05) is 18.8 Å². The molecule has 2 aromatic heterocycles. The second-order valence-electron chi connectivity index (χ2n) is 7.03. The van der Waals surface area contributed by atoms with Gasteiger partial charge in [0.1, 0.15) is 13.2 Å². The summed E-state index contributed by atoms with van der Waals surface area (Å²) in [6.45, 7) is 3.61. The minimum Gasteiger partial charge on any atom is -0.486 e. The molecule has 140 valence electrons. The summed E-state index contributed by atoms with van der Waals surface area (Å²) in [5, 5.41) is 4.43. The molecule has 0 amide bonds. The van der Waals surface area contributed by atoms with Gasteiger partial charge in [0.25, 0.3) is 0 Å². The first kappa shape index (κ1) is 16.4. The molecule has 1 saturated heterocycles. The Balaban J connectivity index is 1.34. The van der Waals surface area contributed by atoms with Gasteiger partial charge in [0.2, 0.25) is 0 Å². The fraction of sp³-hybridized carbons (Fsp3) is 0.400. The van der Waals surface area contributed by atoms with E-state index in [9.17, 15) is 4.79 Å². The number of benzene rings is 1. The van der Waals surface area contributed by atoms with Crippen LogP contribution in [0.5, 0.6) is 11.5 Å². The van der Waals surface area contributed by atoms with Gasteiger partial charge < -0.3 is 9.47 Å². The molecular formula is C20H22N4O3. The summed E-state index contributed by atoms with van der Waals surface area (Å²) in [7, 11) is 0. The molecule has 4 heterocycles. The molecule has 2 aliphatic rings. The van der Waals surface area contributed by atoms with E-state index in [1.807, 2.05) is 24.3 Å². The van der Waals surface area contributed by atoms with Crippen LogP contribution in [0, 0.1) is 0 Å². The molecule has 7 heteroatoms. The van der Waals surface area contributed by atoms with Gasteiger partial charge in [0.05, 0.1) is 6.54 Å². The fourth-order valence-electron chi connectivity index (χ4n) is 4.08. The molecule has 1 fully saturated rings. The average Bonchev–Trinajstić information content (AvgIpc) is 3.31. The first-order valence-corrected chi connectivity index (χ1v) is 9.47. The normalized spacial score (nSPS) is 19.6. The standard InChI is InChI=1S/C20H22N4O3/c25-20-23-9-2-1-5-19(23)21-24(20)11-10-22-8-3-4-16(22)15-6-7-17-18(14-15)27-13-12-26-17/h1-2,5-7,9,14,16H,3-4,8,10-13H2. The van der Waals surface area contributed by atoms with Crippen molar-refractivity contribution in [3.05, 3.63) is 58.6 Å². The number of hydrogen-bond acceptors (Lipinski definition) is 5. The molecular weight excluding hydrogens is 344 g/mol. The smallest absolute Gasteiger partial charge is 0.350 e. The van der Waals surface area contributed by atoms with Crippen molar-refractivity contribution in [2.75, 3.05) is 26.3 Å². The highest BCUT2D eigenvalue weighted by atomic mass is 16.6. The Bertz CT molecular complexity index is 1030. The minimum absolute atomic E-state index is 0.0827. The summed E-state index contributed by atoms with van der Waals surface area (Å²) < 4.78 is 14.5. The summed E-state index contributed by atoms with van der Waals surface area (Å²) in [4.78, 5) is 14.9. The van der Waals surface area contributed by atoms with Crippen LogP contribution < -0.4 is 15.2 Å². The van der Waals surface area contributed by atoms with E-state index in [0.717, 1.165) is 37.4 Å². The van der Waals surface area contributed by atoms with Crippen molar-refractivity contribution < 1.29 is 9.47 Å². The van der Waals surface area contributed by atoms with E-state index < -0.39 is 0 Å². The maximum Gasteiger partial charge on any atom is 0.350 e. The second kappa shape index (κ2) is 6.74. The molecule has 0 aliphatic carbocycles. The first-order valence-electron chi connectivity index (χ1n) is 9.47. The number of ether oxygens (including phenoxy) is 2. The van der Waals surface area contributed by atoms with Gasteiger partial charge in [-0.25, -0.2) is 9.48 Å². The summed E-state index contributed by atoms with van der Waals surface area (Å²) in [6, 6.07) is 12.2. The van der Waals surface area contributed by atoms with Gasteiger partial charge in [-0.3, -0.25) is 9.30 Å². The molecule has 0 saturated carbocycles. The van der Waals surface area contributed by atoms with Crippen LogP contribution in [0.1, 0.15) is 24.4 Å². The summed E-state index contributed by atoms with van der Waals surface area (Å²) in [5.74, 6) is 1.66. The predicted molar refractivity (Wildman–Crippen MR) is 100 cm³/mol. The van der Waals surface area contributed by atoms with Crippen LogP contribution in [0.3, 0.4) is 0 Å². The Hall–Kier alpha value is -2.80. The number of pyridine rings is 1. The molecule has 0 bridgehead atoms. The highest BCUT2D eigenvalue weighted by molar-refractivity contribution is 5.44. The number of nitrogens with zero attached hydrogens (tertiary/aromatic N) is 4. The summed E-state index contributed by atoms with van der Waals surface area (Å²) in [6.07, 6.45) is 4.02. The topological polar surface area (TPSA) is 61.0 Å². The third kappa shape index (κ3) is 2.98. The molecule has 3 aromatic rings. The van der Waals surface area contributed by atoms with Crippen molar-refractivity contribution in [3.8, 4) is 11.5 Å². The Labute approximate surface area is 156 Å². The van der Waals surface area contributed by atoms with Gasteiger partial charge >= 0.3 is 5.69 Å². The van der Waals surface area contributed by atoms with Gasteiger partial charge in [-0.1, -0.05) is 12.1 Å². The fourth-order valence-corrected chi connectivity index (χ4v) is 4.08. The lowest BCUT2D eigenvalue weighted by Gasteiger charge is -2.26. The highest BCUT2D eigenvalue weighted by Crippen LogP contribution is 2.37. The Morgan fingerprint density at radius 1 is 1.07 bits per heavy atom. The van der Waals surface area contributed by atoms with Gasteiger partial charge in [0.15, 0.2) is 17.1 Å². The first-order chi connectivity index (χ1) is 13.3. The van der Waals surface area contributed by atoms with E-state index in [1.54, 1.807) is 15.3 Å². The van der Waals surface area contributed by atoms with E-state index in [4.69, 9.17) is 9.47 Å². The van der Waals surface area contributed by atoms with E-state index >= 15 is 0 Å². The molecule has 0 spiro atoms. The third-order valence-electron chi connectivity index (χ3n) is 5.40. The molecule has 0 radical (unpaired) electrons. The zero-order valence-electron chi connectivity index (χ0n) is 15.1. The maximum atomic E-state index is 12.5. The molecule has 27 heavy (non-hydrogen) atoms. The molecule has 1 unspecified atom stereocenters. The number of aromatic nitrogens is 3. The average molecular weight is 366 g/mol. The van der Waals surface area contributed by atoms with Crippen LogP contribution in [-0.2, 0) is 6.54 Å². The minimum atomic E-state index is -0.0827. The zero-order chi connectivity index (χ0) is 18.2. The van der Waals surface area contributed by atoms with Gasteiger partial charge in [-0.05, 0) is 49.2 Å². The molecule has 1 aromatic carbocycles. The van der Waals surface area contributed by atoms with Crippen molar-refractivity contribution in [2.45, 2.75) is 25.4 Å². The number of hydrogen-bond donors (Lipinski definition) is 0. The van der Waals surface area contributed by atoms with Crippen molar-refractivity contribution in [3.63, 3.8) is 0 Å². The zero-order valence-corrected chi connectivity index (χ0v) is 15.1. The van der Waals surface area contributed by atoms with Crippen molar-refractivity contribution in [1.29, 1.82) is 0 Å². The van der Waals surface area contributed by atoms with Crippen LogP contribution in [0.25, 0.3) is 5.65 Å². The summed E-state index contributed by atoms with van der Waals surface area (Å²) in [5.41, 5.74) is 1.85. The highest BCUT2D eigenvalue weighted by Gasteiger charge is 2.27. The molecule has 1 atom stereocenters. The van der Waals surface area contributed by atoms with Gasteiger partial charge in [-0.15, -0.1) is 5.10 Å². The quantitative estimate of drug-likeness (QED) is 0.708. The largest absolute Gasteiger partial charge is 0.486 e. The SMILES string of the molecule is O=c1n(CCN2CCCC2c2ccc3c(c2)OCCO3)nc2ccccn12. The lowest BCUT2D eigenvalue weighted by atomic mass is 10.0. The third-order valence-corrected chi connectivity index (χ3v) is 5.40. The molecule has 2 aliphatic heterocycles. The van der Waals surface area contributed by atoms with Crippen molar-refractivity contribution in [1.82, 2.24) is 19.1 Å². The predicted octanol–water partition coefficient (Wildman–Crippen LogP) is 2.10. The van der Waals surface area contributed by atoms with E-state index in [1.165, 1.54) is 5.56 Å². The number of fused-ring (bicyclic) bond motifs is 2. The summed E-state index contributed by atoms with van der Waals surface area (Å²) >= 11 is 0.